The zero-order valence-electron chi connectivity index (χ0n) is 10.5. The molecule has 0 aliphatic carbocycles. The monoisotopic (exact) mass is 281 g/mol. The van der Waals surface area contributed by atoms with Crippen molar-refractivity contribution >= 4 is 11.6 Å². The first-order valence-electron chi connectivity index (χ1n) is 6.06. The van der Waals surface area contributed by atoms with Crippen molar-refractivity contribution in [3.63, 3.8) is 0 Å². The van der Waals surface area contributed by atoms with Gasteiger partial charge in [-0.25, -0.2) is 8.78 Å². The first kappa shape index (κ1) is 14.0. The Balaban J connectivity index is 2.51. The number of nitrogens with one attached hydrogen (secondary N) is 1. The van der Waals surface area contributed by atoms with Gasteiger partial charge >= 0.3 is 0 Å². The average Bonchev–Trinajstić information content (AvgIpc) is 2.40. The van der Waals surface area contributed by atoms with Crippen LogP contribution in [0, 0.1) is 11.6 Å². The maximum Gasteiger partial charge on any atom is 0.128 e. The number of rotatable bonds is 4. The normalized spacial score (nSPS) is 12.4. The molecule has 2 aromatic rings. The number of benzene rings is 2. The summed E-state index contributed by atoms with van der Waals surface area (Å²) in [6, 6.07) is 10.1. The summed E-state index contributed by atoms with van der Waals surface area (Å²) in [4.78, 5) is 0. The fraction of sp³-hybridized carbons (Fsp3) is 0.200. The Labute approximate surface area is 116 Å². The van der Waals surface area contributed by atoms with Crippen molar-refractivity contribution in [2.24, 2.45) is 0 Å². The maximum absolute atomic E-state index is 13.9. The summed E-state index contributed by atoms with van der Waals surface area (Å²) in [6.07, 6.45) is 0. The predicted molar refractivity (Wildman–Crippen MR) is 73.3 cm³/mol. The van der Waals surface area contributed by atoms with Crippen LogP contribution in [0.1, 0.15) is 24.1 Å². The molecular formula is C15H14ClF2N. The van der Waals surface area contributed by atoms with Crippen molar-refractivity contribution < 1.29 is 8.78 Å². The van der Waals surface area contributed by atoms with Crippen LogP contribution in [-0.4, -0.2) is 6.54 Å². The summed E-state index contributed by atoms with van der Waals surface area (Å²) in [5.74, 6) is -0.729. The molecule has 0 fully saturated rings. The number of hydrogen-bond donors (Lipinski definition) is 1. The average molecular weight is 282 g/mol. The molecule has 2 rings (SSSR count). The molecule has 0 saturated heterocycles. The lowest BCUT2D eigenvalue weighted by atomic mass is 9.98. The summed E-state index contributed by atoms with van der Waals surface area (Å²) in [5, 5.41) is 3.55. The fourth-order valence-corrected chi connectivity index (χ4v) is 2.26. The van der Waals surface area contributed by atoms with E-state index < -0.39 is 11.9 Å². The Hall–Kier alpha value is -1.45. The molecular weight excluding hydrogens is 268 g/mol. The highest BCUT2D eigenvalue weighted by molar-refractivity contribution is 6.31. The molecule has 0 spiro atoms. The number of hydrogen-bond acceptors (Lipinski definition) is 1. The molecule has 0 aliphatic heterocycles. The van der Waals surface area contributed by atoms with E-state index in [9.17, 15) is 8.78 Å². The van der Waals surface area contributed by atoms with E-state index in [0.717, 1.165) is 0 Å². The Morgan fingerprint density at radius 3 is 2.53 bits per heavy atom. The van der Waals surface area contributed by atoms with E-state index in [1.165, 1.54) is 24.3 Å². The predicted octanol–water partition coefficient (Wildman–Crippen LogP) is 4.32. The molecule has 0 amide bonds. The molecule has 0 aliphatic rings. The van der Waals surface area contributed by atoms with Crippen molar-refractivity contribution in [3.8, 4) is 0 Å². The lowest BCUT2D eigenvalue weighted by Crippen LogP contribution is -2.23. The highest BCUT2D eigenvalue weighted by Gasteiger charge is 2.19. The molecule has 0 saturated carbocycles. The van der Waals surface area contributed by atoms with Crippen LogP contribution in [0.3, 0.4) is 0 Å². The van der Waals surface area contributed by atoms with Crippen LogP contribution in [0.5, 0.6) is 0 Å². The van der Waals surface area contributed by atoms with Gasteiger partial charge < -0.3 is 5.32 Å². The van der Waals surface area contributed by atoms with Crippen LogP contribution in [-0.2, 0) is 0 Å². The largest absolute Gasteiger partial charge is 0.306 e. The van der Waals surface area contributed by atoms with Gasteiger partial charge in [0.1, 0.15) is 11.6 Å². The van der Waals surface area contributed by atoms with Gasteiger partial charge in [0.25, 0.3) is 0 Å². The molecule has 0 aromatic heterocycles. The van der Waals surface area contributed by atoms with Crippen molar-refractivity contribution in [1.29, 1.82) is 0 Å². The minimum absolute atomic E-state index is 0.339. The molecule has 0 radical (unpaired) electrons. The lowest BCUT2D eigenvalue weighted by molar-refractivity contribution is 0.554. The van der Waals surface area contributed by atoms with Crippen LogP contribution in [0.25, 0.3) is 0 Å². The fourth-order valence-electron chi connectivity index (χ4n) is 2.04. The molecule has 1 atom stereocenters. The van der Waals surface area contributed by atoms with Gasteiger partial charge in [0.15, 0.2) is 0 Å². The number of halogens is 3. The van der Waals surface area contributed by atoms with E-state index in [1.54, 1.807) is 18.2 Å². The van der Waals surface area contributed by atoms with Gasteiger partial charge in [-0.3, -0.25) is 0 Å². The lowest BCUT2D eigenvalue weighted by Gasteiger charge is -2.20. The highest BCUT2D eigenvalue weighted by Crippen LogP contribution is 2.30. The van der Waals surface area contributed by atoms with E-state index in [4.69, 9.17) is 11.6 Å². The summed E-state index contributed by atoms with van der Waals surface area (Å²) in [5.41, 5.74) is 0.991. The van der Waals surface area contributed by atoms with Gasteiger partial charge in [-0.05, 0) is 36.4 Å². The molecule has 0 bridgehead atoms. The van der Waals surface area contributed by atoms with Crippen LogP contribution < -0.4 is 5.32 Å². The van der Waals surface area contributed by atoms with Crippen LogP contribution in [0.2, 0.25) is 5.02 Å². The van der Waals surface area contributed by atoms with E-state index in [1.807, 2.05) is 6.92 Å². The molecule has 0 heterocycles. The van der Waals surface area contributed by atoms with Gasteiger partial charge in [0.2, 0.25) is 0 Å². The standard InChI is InChI=1S/C15H14ClF2N/c1-2-19-15(11-5-3-4-6-14(11)18)12-9-10(17)7-8-13(12)16/h3-9,15,19H,2H2,1H3. The third-order valence-corrected chi connectivity index (χ3v) is 3.24. The summed E-state index contributed by atoms with van der Waals surface area (Å²) < 4.78 is 27.3. The maximum atomic E-state index is 13.9. The Kier molecular flexibility index (Phi) is 4.51. The smallest absolute Gasteiger partial charge is 0.128 e. The second-order valence-electron chi connectivity index (χ2n) is 4.18. The van der Waals surface area contributed by atoms with Crippen molar-refractivity contribution in [2.45, 2.75) is 13.0 Å². The Morgan fingerprint density at radius 1 is 1.11 bits per heavy atom. The minimum Gasteiger partial charge on any atom is -0.306 e. The van der Waals surface area contributed by atoms with E-state index in [2.05, 4.69) is 5.32 Å². The van der Waals surface area contributed by atoms with Gasteiger partial charge in [0, 0.05) is 10.6 Å². The second-order valence-corrected chi connectivity index (χ2v) is 4.59. The highest BCUT2D eigenvalue weighted by atomic mass is 35.5. The Morgan fingerprint density at radius 2 is 1.84 bits per heavy atom. The van der Waals surface area contributed by atoms with Gasteiger partial charge in [-0.15, -0.1) is 0 Å². The quantitative estimate of drug-likeness (QED) is 0.880. The molecule has 1 unspecified atom stereocenters. The van der Waals surface area contributed by atoms with E-state index in [-0.39, 0.29) is 5.82 Å². The molecule has 2 aromatic carbocycles. The molecule has 19 heavy (non-hydrogen) atoms. The molecule has 100 valence electrons. The summed E-state index contributed by atoms with van der Waals surface area (Å²) in [7, 11) is 0. The Bertz CT molecular complexity index is 572. The first-order chi connectivity index (χ1) is 9.13. The van der Waals surface area contributed by atoms with Gasteiger partial charge in [-0.1, -0.05) is 36.7 Å². The van der Waals surface area contributed by atoms with Crippen LogP contribution in [0.15, 0.2) is 42.5 Å². The van der Waals surface area contributed by atoms with Crippen LogP contribution >= 0.6 is 11.6 Å². The zero-order chi connectivity index (χ0) is 13.8. The molecule has 1 N–H and O–H groups in total. The topological polar surface area (TPSA) is 12.0 Å². The van der Waals surface area contributed by atoms with Crippen LogP contribution in [0.4, 0.5) is 8.78 Å². The third-order valence-electron chi connectivity index (χ3n) is 2.89. The van der Waals surface area contributed by atoms with Crippen molar-refractivity contribution in [1.82, 2.24) is 5.32 Å². The molecule has 1 nitrogen and oxygen atoms in total. The van der Waals surface area contributed by atoms with Gasteiger partial charge in [0.05, 0.1) is 6.04 Å². The van der Waals surface area contributed by atoms with Crippen molar-refractivity contribution in [2.75, 3.05) is 6.54 Å². The van der Waals surface area contributed by atoms with E-state index >= 15 is 0 Å². The summed E-state index contributed by atoms with van der Waals surface area (Å²) >= 11 is 6.10. The first-order valence-corrected chi connectivity index (χ1v) is 6.44. The van der Waals surface area contributed by atoms with Crippen molar-refractivity contribution in [3.05, 3.63) is 70.2 Å². The summed E-state index contributed by atoms with van der Waals surface area (Å²) in [6.45, 7) is 2.52. The van der Waals surface area contributed by atoms with E-state index in [0.29, 0.717) is 22.7 Å². The minimum atomic E-state index is -0.464. The third kappa shape index (κ3) is 3.11. The zero-order valence-corrected chi connectivity index (χ0v) is 11.2. The second kappa shape index (κ2) is 6.13. The SMILES string of the molecule is CCNC(c1ccccc1F)c1cc(F)ccc1Cl. The van der Waals surface area contributed by atoms with Gasteiger partial charge in [-0.2, -0.15) is 0 Å². The molecule has 4 heteroatoms.